The lowest BCUT2D eigenvalue weighted by Gasteiger charge is -2.24. The Morgan fingerprint density at radius 2 is 1.91 bits per heavy atom. The van der Waals surface area contributed by atoms with E-state index in [1.165, 1.54) is 12.1 Å². The molecule has 0 fully saturated rings. The van der Waals surface area contributed by atoms with Crippen LogP contribution in [0.4, 0.5) is 15.8 Å². The molecule has 0 saturated carbocycles. The van der Waals surface area contributed by atoms with Crippen molar-refractivity contribution in [2.45, 2.75) is 6.42 Å². The highest BCUT2D eigenvalue weighted by Crippen LogP contribution is 2.14. The smallest absolute Gasteiger partial charge is 0.243 e. The number of hydrogen-bond donors (Lipinski definition) is 2. The highest BCUT2D eigenvalue weighted by Gasteiger charge is 2.11. The molecular weight excluding hydrogens is 283 g/mol. The predicted octanol–water partition coefficient (Wildman–Crippen LogP) is 2.65. The Labute approximate surface area is 129 Å². The van der Waals surface area contributed by atoms with Gasteiger partial charge in [0.15, 0.2) is 0 Å². The number of halogens is 1. The van der Waals surface area contributed by atoms with E-state index in [0.717, 1.165) is 5.69 Å². The molecule has 0 atom stereocenters. The molecule has 1 amide bonds. The number of aliphatic hydroxyl groups is 1. The minimum atomic E-state index is -0.391. The number of nitrogens with one attached hydrogen (secondary N) is 1. The molecular formula is C17H19FN2O2. The first kappa shape index (κ1) is 16.0. The van der Waals surface area contributed by atoms with E-state index in [2.05, 4.69) is 5.32 Å². The van der Waals surface area contributed by atoms with E-state index >= 15 is 0 Å². The molecule has 5 heteroatoms. The lowest BCUT2D eigenvalue weighted by atomic mass is 10.2. The van der Waals surface area contributed by atoms with Crippen molar-refractivity contribution in [3.63, 3.8) is 0 Å². The lowest BCUT2D eigenvalue weighted by Crippen LogP contribution is -2.34. The fourth-order valence-electron chi connectivity index (χ4n) is 2.14. The number of anilines is 2. The number of aliphatic hydroxyl groups excluding tert-OH is 1. The van der Waals surface area contributed by atoms with E-state index in [9.17, 15) is 9.18 Å². The second kappa shape index (κ2) is 8.14. The van der Waals surface area contributed by atoms with Crippen molar-refractivity contribution in [1.29, 1.82) is 0 Å². The SMILES string of the molecule is O=C(CN(CCCO)c1ccccc1)Nc1cccc(F)c1. The molecule has 0 heterocycles. The van der Waals surface area contributed by atoms with Crippen molar-refractivity contribution in [3.8, 4) is 0 Å². The van der Waals surface area contributed by atoms with Gasteiger partial charge in [0.1, 0.15) is 5.82 Å². The Kier molecular flexibility index (Phi) is 5.91. The number of para-hydroxylation sites is 1. The zero-order valence-corrected chi connectivity index (χ0v) is 12.2. The van der Waals surface area contributed by atoms with Crippen LogP contribution in [-0.4, -0.2) is 30.7 Å². The molecule has 0 aliphatic carbocycles. The van der Waals surface area contributed by atoms with Gasteiger partial charge in [-0.1, -0.05) is 24.3 Å². The Bertz CT molecular complexity index is 605. The van der Waals surface area contributed by atoms with Gasteiger partial charge in [0.2, 0.25) is 5.91 Å². The maximum atomic E-state index is 13.1. The van der Waals surface area contributed by atoms with E-state index in [-0.39, 0.29) is 19.1 Å². The van der Waals surface area contributed by atoms with Crippen molar-refractivity contribution < 1.29 is 14.3 Å². The van der Waals surface area contributed by atoms with Gasteiger partial charge >= 0.3 is 0 Å². The standard InChI is InChI=1S/C17H19FN2O2/c18-14-6-4-7-15(12-14)19-17(22)13-20(10-5-11-21)16-8-2-1-3-9-16/h1-4,6-9,12,21H,5,10-11,13H2,(H,19,22). The maximum Gasteiger partial charge on any atom is 0.243 e. The van der Waals surface area contributed by atoms with Gasteiger partial charge in [-0.25, -0.2) is 4.39 Å². The summed E-state index contributed by atoms with van der Waals surface area (Å²) in [6.45, 7) is 0.770. The Hall–Kier alpha value is -2.40. The first-order chi connectivity index (χ1) is 10.7. The maximum absolute atomic E-state index is 13.1. The quantitative estimate of drug-likeness (QED) is 0.827. The molecule has 0 unspecified atom stereocenters. The molecule has 116 valence electrons. The molecule has 22 heavy (non-hydrogen) atoms. The molecule has 0 aromatic heterocycles. The molecule has 2 aromatic rings. The number of benzene rings is 2. The van der Waals surface area contributed by atoms with Crippen LogP contribution in [0.3, 0.4) is 0 Å². The van der Waals surface area contributed by atoms with Crippen molar-refractivity contribution in [2.24, 2.45) is 0 Å². The van der Waals surface area contributed by atoms with Crippen molar-refractivity contribution in [1.82, 2.24) is 0 Å². The number of hydrogen-bond acceptors (Lipinski definition) is 3. The largest absolute Gasteiger partial charge is 0.396 e. The normalized spacial score (nSPS) is 10.3. The van der Waals surface area contributed by atoms with E-state index in [0.29, 0.717) is 18.7 Å². The van der Waals surface area contributed by atoms with Crippen LogP contribution < -0.4 is 10.2 Å². The molecule has 2 rings (SSSR count). The number of carbonyl (C=O) groups is 1. The predicted molar refractivity (Wildman–Crippen MR) is 85.4 cm³/mol. The van der Waals surface area contributed by atoms with Gasteiger partial charge in [0.25, 0.3) is 0 Å². The number of amides is 1. The third kappa shape index (κ3) is 4.86. The van der Waals surface area contributed by atoms with Crippen molar-refractivity contribution in [2.75, 3.05) is 29.9 Å². The summed E-state index contributed by atoms with van der Waals surface area (Å²) >= 11 is 0. The number of rotatable bonds is 7. The van der Waals surface area contributed by atoms with Gasteiger partial charge in [-0.3, -0.25) is 4.79 Å². The summed E-state index contributed by atoms with van der Waals surface area (Å²) in [6.07, 6.45) is 0.572. The third-order valence-electron chi connectivity index (χ3n) is 3.15. The van der Waals surface area contributed by atoms with Crippen molar-refractivity contribution in [3.05, 3.63) is 60.4 Å². The monoisotopic (exact) mass is 302 g/mol. The second-order valence-electron chi connectivity index (χ2n) is 4.89. The van der Waals surface area contributed by atoms with Crippen molar-refractivity contribution >= 4 is 17.3 Å². The molecule has 2 aromatic carbocycles. The van der Waals surface area contributed by atoms with Gasteiger partial charge in [0, 0.05) is 24.5 Å². The summed E-state index contributed by atoms with van der Waals surface area (Å²) in [6, 6.07) is 15.3. The summed E-state index contributed by atoms with van der Waals surface area (Å²) in [7, 11) is 0. The topological polar surface area (TPSA) is 52.6 Å². The van der Waals surface area contributed by atoms with E-state index in [1.807, 2.05) is 35.2 Å². The fourth-order valence-corrected chi connectivity index (χ4v) is 2.14. The Morgan fingerprint density at radius 3 is 2.59 bits per heavy atom. The van der Waals surface area contributed by atoms with Crippen LogP contribution in [0.15, 0.2) is 54.6 Å². The van der Waals surface area contributed by atoms with Crippen LogP contribution in [0.5, 0.6) is 0 Å². The average molecular weight is 302 g/mol. The molecule has 0 aliphatic rings. The third-order valence-corrected chi connectivity index (χ3v) is 3.15. The highest BCUT2D eigenvalue weighted by molar-refractivity contribution is 5.94. The summed E-state index contributed by atoms with van der Waals surface area (Å²) in [5.41, 5.74) is 1.34. The number of nitrogens with zero attached hydrogens (tertiary/aromatic N) is 1. The van der Waals surface area contributed by atoms with Gasteiger partial charge in [-0.05, 0) is 36.8 Å². The van der Waals surface area contributed by atoms with Crippen LogP contribution in [-0.2, 0) is 4.79 Å². The summed E-state index contributed by atoms with van der Waals surface area (Å²) < 4.78 is 13.1. The minimum absolute atomic E-state index is 0.0643. The van der Waals surface area contributed by atoms with Gasteiger partial charge in [0.05, 0.1) is 6.54 Å². The van der Waals surface area contributed by atoms with E-state index in [4.69, 9.17) is 5.11 Å². The average Bonchev–Trinajstić information content (AvgIpc) is 2.52. The first-order valence-corrected chi connectivity index (χ1v) is 7.15. The van der Waals surface area contributed by atoms with Crippen LogP contribution in [0.1, 0.15) is 6.42 Å². The zero-order chi connectivity index (χ0) is 15.8. The second-order valence-corrected chi connectivity index (χ2v) is 4.89. The Morgan fingerprint density at radius 1 is 1.14 bits per heavy atom. The van der Waals surface area contributed by atoms with Crippen LogP contribution in [0, 0.1) is 5.82 Å². The molecule has 0 aliphatic heterocycles. The molecule has 4 nitrogen and oxygen atoms in total. The molecule has 0 radical (unpaired) electrons. The molecule has 0 spiro atoms. The van der Waals surface area contributed by atoms with Gasteiger partial charge in [-0.15, -0.1) is 0 Å². The Balaban J connectivity index is 2.01. The lowest BCUT2D eigenvalue weighted by molar-refractivity contribution is -0.115. The number of carbonyl (C=O) groups excluding carboxylic acids is 1. The molecule has 2 N–H and O–H groups in total. The summed E-state index contributed by atoms with van der Waals surface area (Å²) in [5.74, 6) is -0.620. The molecule has 0 bridgehead atoms. The fraction of sp³-hybridized carbons (Fsp3) is 0.235. The van der Waals surface area contributed by atoms with Crippen LogP contribution in [0.25, 0.3) is 0 Å². The summed E-state index contributed by atoms with van der Waals surface area (Å²) in [5, 5.41) is 11.7. The van der Waals surface area contributed by atoms with Gasteiger partial charge in [-0.2, -0.15) is 0 Å². The molecule has 0 saturated heterocycles. The van der Waals surface area contributed by atoms with Gasteiger partial charge < -0.3 is 15.3 Å². The van der Waals surface area contributed by atoms with E-state index < -0.39 is 5.82 Å². The van der Waals surface area contributed by atoms with E-state index in [1.54, 1.807) is 12.1 Å². The highest BCUT2D eigenvalue weighted by atomic mass is 19.1. The summed E-state index contributed by atoms with van der Waals surface area (Å²) in [4.78, 5) is 14.0. The van der Waals surface area contributed by atoms with Crippen LogP contribution >= 0.6 is 0 Å². The zero-order valence-electron chi connectivity index (χ0n) is 12.2. The van der Waals surface area contributed by atoms with Crippen LogP contribution in [0.2, 0.25) is 0 Å². The first-order valence-electron chi connectivity index (χ1n) is 7.15. The minimum Gasteiger partial charge on any atom is -0.396 e.